The zero-order chi connectivity index (χ0) is 22.9. The molecule has 172 valence electrons. The molecule has 9 heteroatoms. The quantitative estimate of drug-likeness (QED) is 0.661. The molecule has 2 heterocycles. The Labute approximate surface area is 193 Å². The van der Waals surface area contributed by atoms with Crippen LogP contribution in [-0.4, -0.2) is 57.4 Å². The number of aryl methyl sites for hydroxylation is 1. The number of ether oxygens (including phenoxy) is 2. The molecule has 0 radical (unpaired) electrons. The lowest BCUT2D eigenvalue weighted by Crippen LogP contribution is -2.50. The maximum Gasteiger partial charge on any atom is 0.410 e. The molecule has 1 fully saturated rings. The molecular formula is C23H27ClN2O5S. The number of sulfonamides is 1. The topological polar surface area (TPSA) is 76.2 Å². The SMILES string of the molecule is CC1CN(C(=O)OCC2CCc3ccccc3N2S(=O)(=O)c2ccc(Cl)cc2)CC(C)O1. The molecule has 0 aliphatic carbocycles. The van der Waals surface area contributed by atoms with E-state index >= 15 is 0 Å². The molecule has 0 N–H and O–H groups in total. The maximum absolute atomic E-state index is 13.6. The van der Waals surface area contributed by atoms with Crippen LogP contribution in [0.2, 0.25) is 5.02 Å². The van der Waals surface area contributed by atoms with E-state index in [1.807, 2.05) is 32.0 Å². The number of hydrogen-bond donors (Lipinski definition) is 0. The highest BCUT2D eigenvalue weighted by Crippen LogP contribution is 2.35. The lowest BCUT2D eigenvalue weighted by Gasteiger charge is -2.38. The highest BCUT2D eigenvalue weighted by Gasteiger charge is 2.37. The number of anilines is 1. The number of hydrogen-bond acceptors (Lipinski definition) is 5. The average molecular weight is 479 g/mol. The largest absolute Gasteiger partial charge is 0.447 e. The van der Waals surface area contributed by atoms with Crippen LogP contribution >= 0.6 is 11.6 Å². The molecule has 32 heavy (non-hydrogen) atoms. The van der Waals surface area contributed by atoms with Gasteiger partial charge in [0.1, 0.15) is 6.61 Å². The number of benzene rings is 2. The van der Waals surface area contributed by atoms with Gasteiger partial charge < -0.3 is 14.4 Å². The Morgan fingerprint density at radius 1 is 1.09 bits per heavy atom. The zero-order valence-electron chi connectivity index (χ0n) is 18.1. The van der Waals surface area contributed by atoms with Gasteiger partial charge >= 0.3 is 6.09 Å². The van der Waals surface area contributed by atoms with Crippen molar-refractivity contribution in [1.29, 1.82) is 0 Å². The van der Waals surface area contributed by atoms with Gasteiger partial charge in [0.25, 0.3) is 10.0 Å². The Morgan fingerprint density at radius 3 is 2.44 bits per heavy atom. The number of halogens is 1. The standard InChI is InChI=1S/C23H27ClN2O5S/c1-16-13-25(14-17(2)31-16)23(27)30-15-20-10-7-18-5-3-4-6-22(18)26(20)32(28,29)21-11-8-19(24)9-12-21/h3-6,8-9,11-12,16-17,20H,7,10,13-15H2,1-2H3. The Balaban J connectivity index is 1.58. The van der Waals surface area contributed by atoms with Gasteiger partial charge in [-0.15, -0.1) is 0 Å². The van der Waals surface area contributed by atoms with Crippen LogP contribution in [0.4, 0.5) is 10.5 Å². The van der Waals surface area contributed by atoms with Crippen molar-refractivity contribution >= 4 is 33.4 Å². The van der Waals surface area contributed by atoms with Crippen LogP contribution in [0.15, 0.2) is 53.4 Å². The normalized spacial score (nSPS) is 23.5. The van der Waals surface area contributed by atoms with Gasteiger partial charge in [0.2, 0.25) is 0 Å². The summed E-state index contributed by atoms with van der Waals surface area (Å²) in [4.78, 5) is 14.5. The minimum absolute atomic E-state index is 0.0277. The van der Waals surface area contributed by atoms with E-state index in [1.54, 1.807) is 23.1 Å². The van der Waals surface area contributed by atoms with E-state index < -0.39 is 22.2 Å². The van der Waals surface area contributed by atoms with Crippen molar-refractivity contribution in [2.24, 2.45) is 0 Å². The number of rotatable bonds is 4. The van der Waals surface area contributed by atoms with E-state index in [0.717, 1.165) is 5.56 Å². The predicted molar refractivity (Wildman–Crippen MR) is 123 cm³/mol. The van der Waals surface area contributed by atoms with Gasteiger partial charge in [-0.1, -0.05) is 29.8 Å². The highest BCUT2D eigenvalue weighted by atomic mass is 35.5. The number of carbonyl (C=O) groups excluding carboxylic acids is 1. The monoisotopic (exact) mass is 478 g/mol. The summed E-state index contributed by atoms with van der Waals surface area (Å²) in [5.41, 5.74) is 1.56. The third-order valence-electron chi connectivity index (χ3n) is 5.76. The summed E-state index contributed by atoms with van der Waals surface area (Å²) in [6.45, 7) is 4.69. The smallest absolute Gasteiger partial charge is 0.410 e. The van der Waals surface area contributed by atoms with Gasteiger partial charge in [-0.2, -0.15) is 0 Å². The van der Waals surface area contributed by atoms with Crippen molar-refractivity contribution in [3.05, 3.63) is 59.1 Å². The highest BCUT2D eigenvalue weighted by molar-refractivity contribution is 7.92. The fourth-order valence-electron chi connectivity index (χ4n) is 4.36. The predicted octanol–water partition coefficient (Wildman–Crippen LogP) is 4.10. The molecule has 4 rings (SSSR count). The summed E-state index contributed by atoms with van der Waals surface area (Å²) in [5, 5.41) is 0.461. The molecule has 3 unspecified atom stereocenters. The molecule has 1 amide bonds. The first-order valence-electron chi connectivity index (χ1n) is 10.7. The summed E-state index contributed by atoms with van der Waals surface area (Å²) in [5.74, 6) is 0. The van der Waals surface area contributed by atoms with Crippen LogP contribution < -0.4 is 4.31 Å². The molecule has 2 aromatic rings. The summed E-state index contributed by atoms with van der Waals surface area (Å²) in [7, 11) is -3.88. The number of carbonyl (C=O) groups is 1. The molecule has 2 aliphatic heterocycles. The average Bonchev–Trinajstić information content (AvgIpc) is 2.76. The summed E-state index contributed by atoms with van der Waals surface area (Å²) in [6, 6.07) is 13.0. The Bertz CT molecular complexity index is 1070. The van der Waals surface area contributed by atoms with Gasteiger partial charge in [-0.25, -0.2) is 13.2 Å². The number of amides is 1. The Hall–Kier alpha value is -2.29. The van der Waals surface area contributed by atoms with Crippen molar-refractivity contribution in [3.8, 4) is 0 Å². The minimum Gasteiger partial charge on any atom is -0.447 e. The summed E-state index contributed by atoms with van der Waals surface area (Å²) >= 11 is 5.96. The van der Waals surface area contributed by atoms with Crippen LogP contribution in [0, 0.1) is 0 Å². The molecule has 1 saturated heterocycles. The Morgan fingerprint density at radius 2 is 1.75 bits per heavy atom. The van der Waals surface area contributed by atoms with E-state index in [9.17, 15) is 13.2 Å². The molecule has 2 aromatic carbocycles. The van der Waals surface area contributed by atoms with E-state index in [4.69, 9.17) is 21.1 Å². The molecule has 0 saturated carbocycles. The van der Waals surface area contributed by atoms with Crippen molar-refractivity contribution in [1.82, 2.24) is 4.90 Å². The maximum atomic E-state index is 13.6. The van der Waals surface area contributed by atoms with Gasteiger partial charge in [0, 0.05) is 5.02 Å². The first-order valence-corrected chi connectivity index (χ1v) is 12.5. The number of nitrogens with zero attached hydrogens (tertiary/aromatic N) is 2. The van der Waals surface area contributed by atoms with Gasteiger partial charge in [-0.3, -0.25) is 4.31 Å². The summed E-state index contributed by atoms with van der Waals surface area (Å²) < 4.78 is 39.9. The third-order valence-corrected chi connectivity index (χ3v) is 7.89. The number of para-hydroxylation sites is 1. The van der Waals surface area contributed by atoms with Crippen LogP contribution in [0.25, 0.3) is 0 Å². The fourth-order valence-corrected chi connectivity index (χ4v) is 6.18. The van der Waals surface area contributed by atoms with Gasteiger partial charge in [-0.05, 0) is 62.6 Å². The van der Waals surface area contributed by atoms with E-state index in [-0.39, 0.29) is 23.7 Å². The van der Waals surface area contributed by atoms with Crippen molar-refractivity contribution < 1.29 is 22.7 Å². The minimum atomic E-state index is -3.88. The van der Waals surface area contributed by atoms with E-state index in [2.05, 4.69) is 0 Å². The van der Waals surface area contributed by atoms with Crippen molar-refractivity contribution in [2.45, 2.75) is 49.8 Å². The second kappa shape index (κ2) is 9.29. The number of fused-ring (bicyclic) bond motifs is 1. The molecule has 7 nitrogen and oxygen atoms in total. The first-order chi connectivity index (χ1) is 15.3. The van der Waals surface area contributed by atoms with Crippen LogP contribution in [-0.2, 0) is 25.9 Å². The van der Waals surface area contributed by atoms with Gasteiger partial charge in [0.15, 0.2) is 0 Å². The Kier molecular flexibility index (Phi) is 6.65. The molecular weight excluding hydrogens is 452 g/mol. The second-order valence-electron chi connectivity index (χ2n) is 8.32. The first kappa shape index (κ1) is 22.9. The lowest BCUT2D eigenvalue weighted by atomic mass is 9.98. The molecule has 2 aliphatic rings. The number of morpholine rings is 1. The summed E-state index contributed by atoms with van der Waals surface area (Å²) in [6.07, 6.45) is 0.655. The van der Waals surface area contributed by atoms with Crippen molar-refractivity contribution in [3.63, 3.8) is 0 Å². The van der Waals surface area contributed by atoms with E-state index in [1.165, 1.54) is 16.4 Å². The van der Waals surface area contributed by atoms with Crippen LogP contribution in [0.1, 0.15) is 25.8 Å². The van der Waals surface area contributed by atoms with Crippen LogP contribution in [0.3, 0.4) is 0 Å². The van der Waals surface area contributed by atoms with Crippen molar-refractivity contribution in [2.75, 3.05) is 24.0 Å². The van der Waals surface area contributed by atoms with Crippen LogP contribution in [0.5, 0.6) is 0 Å². The fraction of sp³-hybridized carbons (Fsp3) is 0.435. The van der Waals surface area contributed by atoms with E-state index in [0.29, 0.717) is 36.6 Å². The second-order valence-corrected chi connectivity index (χ2v) is 10.6. The zero-order valence-corrected chi connectivity index (χ0v) is 19.7. The molecule has 0 aromatic heterocycles. The third kappa shape index (κ3) is 4.72. The molecule has 0 spiro atoms. The lowest BCUT2D eigenvalue weighted by molar-refractivity contribution is -0.0641. The van der Waals surface area contributed by atoms with Gasteiger partial charge in [0.05, 0.1) is 41.9 Å². The molecule has 0 bridgehead atoms. The molecule has 3 atom stereocenters.